The Kier molecular flexibility index (Phi) is 5.69. The Balaban J connectivity index is 1.64. The molecule has 1 aromatic carbocycles. The summed E-state index contributed by atoms with van der Waals surface area (Å²) in [5, 5.41) is 4.32. The molecule has 0 bridgehead atoms. The van der Waals surface area contributed by atoms with Crippen LogP contribution in [0.1, 0.15) is 17.0 Å². The van der Waals surface area contributed by atoms with Gasteiger partial charge in [-0.3, -0.25) is 4.79 Å². The number of carbonyl (C=O) groups excluding carboxylic acids is 1. The maximum atomic E-state index is 12.8. The van der Waals surface area contributed by atoms with Crippen molar-refractivity contribution in [2.45, 2.75) is 18.7 Å². The van der Waals surface area contributed by atoms with Gasteiger partial charge in [0.05, 0.1) is 0 Å². The number of piperazine rings is 1. The molecule has 2 heterocycles. The standard InChI is InChI=1S/C18H20ClN3O4S/c1-13-18(14(2)26-20-13)27(24,25)22-10-8-21(9-11-22)17(23)7-6-15-4-3-5-16(19)12-15/h3-7,12H,8-11H2,1-2H3/b7-6+. The number of halogens is 1. The van der Waals surface area contributed by atoms with E-state index in [-0.39, 0.29) is 29.7 Å². The fourth-order valence-electron chi connectivity index (χ4n) is 3.00. The van der Waals surface area contributed by atoms with Gasteiger partial charge in [-0.05, 0) is 37.6 Å². The van der Waals surface area contributed by atoms with Crippen molar-refractivity contribution in [3.63, 3.8) is 0 Å². The summed E-state index contributed by atoms with van der Waals surface area (Å²) in [6.45, 7) is 4.27. The van der Waals surface area contributed by atoms with Crippen molar-refractivity contribution < 1.29 is 17.7 Å². The van der Waals surface area contributed by atoms with Crippen molar-refractivity contribution in [2.75, 3.05) is 26.2 Å². The molecule has 7 nitrogen and oxygen atoms in total. The Labute approximate surface area is 163 Å². The van der Waals surface area contributed by atoms with Crippen LogP contribution in [-0.2, 0) is 14.8 Å². The number of sulfonamides is 1. The van der Waals surface area contributed by atoms with Crippen LogP contribution in [0.4, 0.5) is 0 Å². The number of aryl methyl sites for hydroxylation is 2. The van der Waals surface area contributed by atoms with Crippen LogP contribution < -0.4 is 0 Å². The van der Waals surface area contributed by atoms with Crippen LogP contribution >= 0.6 is 11.6 Å². The van der Waals surface area contributed by atoms with Gasteiger partial charge in [0.25, 0.3) is 0 Å². The SMILES string of the molecule is Cc1noc(C)c1S(=O)(=O)N1CCN(C(=O)/C=C/c2cccc(Cl)c2)CC1. The number of carbonyl (C=O) groups is 1. The topological polar surface area (TPSA) is 83.7 Å². The number of rotatable bonds is 4. The maximum Gasteiger partial charge on any atom is 0.248 e. The van der Waals surface area contributed by atoms with Crippen LogP contribution in [0.15, 0.2) is 39.8 Å². The number of nitrogens with zero attached hydrogens (tertiary/aromatic N) is 3. The van der Waals surface area contributed by atoms with Crippen LogP contribution in [0.25, 0.3) is 6.08 Å². The number of benzene rings is 1. The van der Waals surface area contributed by atoms with E-state index in [1.807, 2.05) is 12.1 Å². The quantitative estimate of drug-likeness (QED) is 0.724. The highest BCUT2D eigenvalue weighted by molar-refractivity contribution is 7.89. The fourth-order valence-corrected chi connectivity index (χ4v) is 4.92. The van der Waals surface area contributed by atoms with E-state index >= 15 is 0 Å². The normalized spacial score (nSPS) is 16.2. The van der Waals surface area contributed by atoms with E-state index < -0.39 is 10.0 Å². The van der Waals surface area contributed by atoms with Gasteiger partial charge in [-0.2, -0.15) is 4.31 Å². The summed E-state index contributed by atoms with van der Waals surface area (Å²) >= 11 is 5.93. The average molecular weight is 410 g/mol. The lowest BCUT2D eigenvalue weighted by molar-refractivity contribution is -0.127. The first-order valence-corrected chi connectivity index (χ1v) is 10.3. The summed E-state index contributed by atoms with van der Waals surface area (Å²) in [5.41, 5.74) is 1.17. The molecular formula is C18H20ClN3O4S. The molecule has 144 valence electrons. The smallest absolute Gasteiger partial charge is 0.248 e. The zero-order valence-corrected chi connectivity index (χ0v) is 16.6. The largest absolute Gasteiger partial charge is 0.360 e. The van der Waals surface area contributed by atoms with Crippen LogP contribution in [0, 0.1) is 13.8 Å². The summed E-state index contributed by atoms with van der Waals surface area (Å²) in [7, 11) is -3.68. The van der Waals surface area contributed by atoms with E-state index in [0.717, 1.165) is 5.56 Å². The predicted molar refractivity (Wildman–Crippen MR) is 102 cm³/mol. The molecule has 1 amide bonds. The first kappa shape index (κ1) is 19.6. The van der Waals surface area contributed by atoms with Gasteiger partial charge < -0.3 is 9.42 Å². The van der Waals surface area contributed by atoms with Gasteiger partial charge in [0.1, 0.15) is 10.6 Å². The van der Waals surface area contributed by atoms with Gasteiger partial charge >= 0.3 is 0 Å². The Morgan fingerprint density at radius 3 is 2.52 bits per heavy atom. The van der Waals surface area contributed by atoms with Gasteiger partial charge in [-0.15, -0.1) is 0 Å². The highest BCUT2D eigenvalue weighted by atomic mass is 35.5. The summed E-state index contributed by atoms with van der Waals surface area (Å²) in [4.78, 5) is 14.1. The molecule has 27 heavy (non-hydrogen) atoms. The van der Waals surface area contributed by atoms with Crippen molar-refractivity contribution in [2.24, 2.45) is 0 Å². The molecule has 0 N–H and O–H groups in total. The first-order valence-electron chi connectivity index (χ1n) is 8.44. The molecule has 1 saturated heterocycles. The third-order valence-electron chi connectivity index (χ3n) is 4.38. The van der Waals surface area contributed by atoms with Crippen molar-refractivity contribution in [1.29, 1.82) is 0 Å². The first-order chi connectivity index (χ1) is 12.8. The van der Waals surface area contributed by atoms with E-state index in [0.29, 0.717) is 23.8 Å². The molecule has 1 fully saturated rings. The summed E-state index contributed by atoms with van der Waals surface area (Å²) < 4.78 is 32.0. The maximum absolute atomic E-state index is 12.8. The molecule has 9 heteroatoms. The minimum Gasteiger partial charge on any atom is -0.360 e. The molecule has 1 aliphatic heterocycles. The Bertz CT molecular complexity index is 957. The monoisotopic (exact) mass is 409 g/mol. The molecular weight excluding hydrogens is 390 g/mol. The molecule has 0 saturated carbocycles. The van der Waals surface area contributed by atoms with Crippen LogP contribution in [0.2, 0.25) is 5.02 Å². The average Bonchev–Trinajstić information content (AvgIpc) is 2.99. The second kappa shape index (κ2) is 7.84. The second-order valence-corrected chi connectivity index (χ2v) is 8.58. The van der Waals surface area contributed by atoms with E-state index in [2.05, 4.69) is 5.16 Å². The van der Waals surface area contributed by atoms with Gasteiger partial charge in [0.2, 0.25) is 15.9 Å². The molecule has 2 aromatic rings. The van der Waals surface area contributed by atoms with E-state index in [1.54, 1.807) is 37.0 Å². The molecule has 0 aliphatic carbocycles. The van der Waals surface area contributed by atoms with Gasteiger partial charge in [0.15, 0.2) is 5.76 Å². The molecule has 0 radical (unpaired) electrons. The Morgan fingerprint density at radius 1 is 1.22 bits per heavy atom. The van der Waals surface area contributed by atoms with E-state index in [9.17, 15) is 13.2 Å². The molecule has 0 atom stereocenters. The van der Waals surface area contributed by atoms with Crippen molar-refractivity contribution in [3.05, 3.63) is 52.4 Å². The summed E-state index contributed by atoms with van der Waals surface area (Å²) in [6, 6.07) is 7.19. The Morgan fingerprint density at radius 2 is 1.93 bits per heavy atom. The number of hydrogen-bond acceptors (Lipinski definition) is 5. The number of aromatic nitrogens is 1. The highest BCUT2D eigenvalue weighted by Gasteiger charge is 2.33. The van der Waals surface area contributed by atoms with Gasteiger partial charge in [-0.1, -0.05) is 28.9 Å². The van der Waals surface area contributed by atoms with Crippen LogP contribution in [0.5, 0.6) is 0 Å². The number of amides is 1. The minimum atomic E-state index is -3.68. The fraction of sp³-hybridized carbons (Fsp3) is 0.333. The molecule has 1 aliphatic rings. The molecule has 3 rings (SSSR count). The van der Waals surface area contributed by atoms with Gasteiger partial charge in [0, 0.05) is 37.3 Å². The zero-order valence-electron chi connectivity index (χ0n) is 15.1. The van der Waals surface area contributed by atoms with Crippen molar-refractivity contribution >= 4 is 33.6 Å². The second-order valence-electron chi connectivity index (χ2n) is 6.27. The van der Waals surface area contributed by atoms with Crippen LogP contribution in [-0.4, -0.2) is 54.9 Å². The molecule has 0 unspecified atom stereocenters. The third-order valence-corrected chi connectivity index (χ3v) is 6.76. The number of hydrogen-bond donors (Lipinski definition) is 0. The lowest BCUT2D eigenvalue weighted by Crippen LogP contribution is -2.50. The summed E-state index contributed by atoms with van der Waals surface area (Å²) in [5.74, 6) is 0.111. The molecule has 0 spiro atoms. The molecule has 1 aromatic heterocycles. The Hall–Kier alpha value is -2.16. The van der Waals surface area contributed by atoms with E-state index in [4.69, 9.17) is 16.1 Å². The lowest BCUT2D eigenvalue weighted by Gasteiger charge is -2.33. The highest BCUT2D eigenvalue weighted by Crippen LogP contribution is 2.24. The van der Waals surface area contributed by atoms with E-state index in [1.165, 1.54) is 10.4 Å². The van der Waals surface area contributed by atoms with Crippen molar-refractivity contribution in [3.8, 4) is 0 Å². The summed E-state index contributed by atoms with van der Waals surface area (Å²) in [6.07, 6.45) is 3.17. The predicted octanol–water partition coefficient (Wildman–Crippen LogP) is 2.49. The zero-order chi connectivity index (χ0) is 19.6. The minimum absolute atomic E-state index is 0.114. The lowest BCUT2D eigenvalue weighted by atomic mass is 10.2. The third kappa shape index (κ3) is 4.23. The van der Waals surface area contributed by atoms with Crippen LogP contribution in [0.3, 0.4) is 0 Å². The van der Waals surface area contributed by atoms with Gasteiger partial charge in [-0.25, -0.2) is 8.42 Å². The van der Waals surface area contributed by atoms with Crippen molar-refractivity contribution in [1.82, 2.24) is 14.4 Å².